The second-order valence-corrected chi connectivity index (χ2v) is 4.18. The van der Waals surface area contributed by atoms with Gasteiger partial charge in [-0.25, -0.2) is 8.78 Å². The molecule has 0 saturated heterocycles. The third-order valence-corrected chi connectivity index (χ3v) is 2.81. The van der Waals surface area contributed by atoms with Gasteiger partial charge in [0.05, 0.1) is 6.04 Å². The van der Waals surface area contributed by atoms with Crippen molar-refractivity contribution < 1.29 is 18.3 Å². The van der Waals surface area contributed by atoms with Crippen LogP contribution in [0.5, 0.6) is 0 Å². The van der Waals surface area contributed by atoms with E-state index in [4.69, 9.17) is 9.47 Å². The summed E-state index contributed by atoms with van der Waals surface area (Å²) >= 11 is 0. The van der Waals surface area contributed by atoms with Crippen LogP contribution in [0.3, 0.4) is 0 Å². The van der Waals surface area contributed by atoms with Crippen LogP contribution in [0.2, 0.25) is 0 Å². The Bertz CT molecular complexity index is 383. The Kier molecular flexibility index (Phi) is 5.65. The van der Waals surface area contributed by atoms with Gasteiger partial charge in [-0.05, 0) is 19.9 Å². The van der Waals surface area contributed by atoms with Crippen LogP contribution in [0.25, 0.3) is 0 Å². The monoisotopic (exact) mass is 259 g/mol. The highest BCUT2D eigenvalue weighted by Gasteiger charge is 2.20. The number of hydrogen-bond acceptors (Lipinski definition) is 3. The molecule has 1 rings (SSSR count). The van der Waals surface area contributed by atoms with Crippen LogP contribution < -0.4 is 5.32 Å². The van der Waals surface area contributed by atoms with Gasteiger partial charge >= 0.3 is 0 Å². The molecule has 0 saturated carbocycles. The predicted octanol–water partition coefficient (Wildman–Crippen LogP) is 2.62. The second kappa shape index (κ2) is 6.78. The molecular weight excluding hydrogens is 240 g/mol. The van der Waals surface area contributed by atoms with E-state index in [2.05, 4.69) is 5.32 Å². The van der Waals surface area contributed by atoms with Gasteiger partial charge in [-0.3, -0.25) is 0 Å². The standard InChI is InChI=1S/C13H19F2NO2/c1-8(16-9(2)13(17-3)18-4)11-6-5-10(14)7-12(11)15/h5-9,13,16H,1-4H3. The van der Waals surface area contributed by atoms with Crippen LogP contribution in [0, 0.1) is 11.6 Å². The molecule has 0 heterocycles. The second-order valence-electron chi connectivity index (χ2n) is 4.18. The molecule has 0 aliphatic carbocycles. The molecule has 2 atom stereocenters. The maximum Gasteiger partial charge on any atom is 0.171 e. The van der Waals surface area contributed by atoms with Crippen LogP contribution in [0.15, 0.2) is 18.2 Å². The molecule has 0 spiro atoms. The van der Waals surface area contributed by atoms with Gasteiger partial charge in [0.1, 0.15) is 11.6 Å². The fourth-order valence-electron chi connectivity index (χ4n) is 1.92. The van der Waals surface area contributed by atoms with E-state index < -0.39 is 17.9 Å². The van der Waals surface area contributed by atoms with Crippen LogP contribution in [0.4, 0.5) is 8.78 Å². The number of hydrogen-bond donors (Lipinski definition) is 1. The summed E-state index contributed by atoms with van der Waals surface area (Å²) in [7, 11) is 3.07. The van der Waals surface area contributed by atoms with Crippen molar-refractivity contribution in [1.29, 1.82) is 0 Å². The average molecular weight is 259 g/mol. The summed E-state index contributed by atoms with van der Waals surface area (Å²) in [6.07, 6.45) is -0.420. The molecule has 18 heavy (non-hydrogen) atoms. The fourth-order valence-corrected chi connectivity index (χ4v) is 1.92. The minimum absolute atomic E-state index is 0.126. The maximum atomic E-state index is 13.6. The Morgan fingerprint density at radius 1 is 1.11 bits per heavy atom. The summed E-state index contributed by atoms with van der Waals surface area (Å²) in [5, 5.41) is 3.15. The molecule has 5 heteroatoms. The topological polar surface area (TPSA) is 30.5 Å². The maximum absolute atomic E-state index is 13.6. The lowest BCUT2D eigenvalue weighted by atomic mass is 10.1. The number of methoxy groups -OCH3 is 2. The summed E-state index contributed by atoms with van der Waals surface area (Å²) in [6.45, 7) is 3.67. The normalized spacial score (nSPS) is 14.8. The Hall–Kier alpha value is -1.04. The first-order valence-corrected chi connectivity index (χ1v) is 5.76. The van der Waals surface area contributed by atoms with E-state index in [1.54, 1.807) is 6.92 Å². The van der Waals surface area contributed by atoms with E-state index in [9.17, 15) is 8.78 Å². The van der Waals surface area contributed by atoms with Gasteiger partial charge in [-0.2, -0.15) is 0 Å². The van der Waals surface area contributed by atoms with E-state index in [0.29, 0.717) is 5.56 Å². The fraction of sp³-hybridized carbons (Fsp3) is 0.538. The zero-order chi connectivity index (χ0) is 13.7. The van der Waals surface area contributed by atoms with Crippen molar-refractivity contribution in [3.63, 3.8) is 0 Å². The molecule has 1 aromatic carbocycles. The lowest BCUT2D eigenvalue weighted by Gasteiger charge is -2.26. The van der Waals surface area contributed by atoms with Crippen molar-refractivity contribution in [3.05, 3.63) is 35.4 Å². The number of ether oxygens (including phenoxy) is 2. The molecule has 0 radical (unpaired) electrons. The molecule has 1 aromatic rings. The highest BCUT2D eigenvalue weighted by molar-refractivity contribution is 5.21. The van der Waals surface area contributed by atoms with Crippen molar-refractivity contribution in [2.24, 2.45) is 0 Å². The molecule has 1 N–H and O–H groups in total. The third-order valence-electron chi connectivity index (χ3n) is 2.81. The highest BCUT2D eigenvalue weighted by Crippen LogP contribution is 2.18. The van der Waals surface area contributed by atoms with Crippen LogP contribution in [-0.2, 0) is 9.47 Å². The van der Waals surface area contributed by atoms with Crippen molar-refractivity contribution >= 4 is 0 Å². The van der Waals surface area contributed by atoms with Crippen molar-refractivity contribution in [3.8, 4) is 0 Å². The predicted molar refractivity (Wildman–Crippen MR) is 65.2 cm³/mol. The molecule has 0 bridgehead atoms. The number of rotatable bonds is 6. The molecule has 0 aliphatic heterocycles. The van der Waals surface area contributed by atoms with Crippen molar-refractivity contribution in [1.82, 2.24) is 5.32 Å². The Labute approximate surface area is 106 Å². The molecule has 0 fully saturated rings. The molecule has 0 aliphatic rings. The van der Waals surface area contributed by atoms with Gasteiger partial charge in [0.25, 0.3) is 0 Å². The van der Waals surface area contributed by atoms with Crippen LogP contribution in [-0.4, -0.2) is 26.6 Å². The zero-order valence-electron chi connectivity index (χ0n) is 11.0. The lowest BCUT2D eigenvalue weighted by Crippen LogP contribution is -2.41. The highest BCUT2D eigenvalue weighted by atomic mass is 19.1. The van der Waals surface area contributed by atoms with Crippen LogP contribution in [0.1, 0.15) is 25.5 Å². The number of halogens is 2. The summed E-state index contributed by atoms with van der Waals surface area (Å²) in [6, 6.07) is 3.16. The van der Waals surface area contributed by atoms with E-state index in [-0.39, 0.29) is 12.1 Å². The minimum Gasteiger partial charge on any atom is -0.354 e. The molecule has 0 aromatic heterocycles. The van der Waals surface area contributed by atoms with Gasteiger partial charge in [-0.1, -0.05) is 6.07 Å². The van der Waals surface area contributed by atoms with Gasteiger partial charge < -0.3 is 14.8 Å². The summed E-state index contributed by atoms with van der Waals surface area (Å²) < 4.78 is 36.6. The first-order valence-electron chi connectivity index (χ1n) is 5.76. The molecule has 3 nitrogen and oxygen atoms in total. The Balaban J connectivity index is 2.72. The largest absolute Gasteiger partial charge is 0.354 e. The number of nitrogens with one attached hydrogen (secondary N) is 1. The molecule has 0 amide bonds. The zero-order valence-corrected chi connectivity index (χ0v) is 11.0. The molecule has 102 valence electrons. The molecular formula is C13H19F2NO2. The van der Waals surface area contributed by atoms with Crippen molar-refractivity contribution in [2.45, 2.75) is 32.2 Å². The first kappa shape index (κ1) is 15.0. The quantitative estimate of drug-likeness (QED) is 0.797. The van der Waals surface area contributed by atoms with E-state index in [1.165, 1.54) is 26.4 Å². The van der Waals surface area contributed by atoms with Gasteiger partial charge in [0.2, 0.25) is 0 Å². The Morgan fingerprint density at radius 3 is 2.22 bits per heavy atom. The minimum atomic E-state index is -0.580. The first-order chi connectivity index (χ1) is 8.49. The number of benzene rings is 1. The van der Waals surface area contributed by atoms with E-state index >= 15 is 0 Å². The Morgan fingerprint density at radius 2 is 1.72 bits per heavy atom. The van der Waals surface area contributed by atoms with E-state index in [1.807, 2.05) is 6.92 Å². The van der Waals surface area contributed by atoms with Gasteiger partial charge in [-0.15, -0.1) is 0 Å². The SMILES string of the molecule is COC(OC)C(C)NC(C)c1ccc(F)cc1F. The van der Waals surface area contributed by atoms with Crippen LogP contribution >= 0.6 is 0 Å². The van der Waals surface area contributed by atoms with Crippen molar-refractivity contribution in [2.75, 3.05) is 14.2 Å². The molecule has 2 unspecified atom stereocenters. The van der Waals surface area contributed by atoms with Gasteiger partial charge in [0, 0.05) is 31.9 Å². The smallest absolute Gasteiger partial charge is 0.171 e. The van der Waals surface area contributed by atoms with E-state index in [0.717, 1.165) is 6.07 Å². The summed E-state index contributed by atoms with van der Waals surface area (Å²) in [5.41, 5.74) is 0.411. The average Bonchev–Trinajstić information content (AvgIpc) is 2.30. The lowest BCUT2D eigenvalue weighted by molar-refractivity contribution is -0.120. The summed E-state index contributed by atoms with van der Waals surface area (Å²) in [5.74, 6) is -1.14. The third kappa shape index (κ3) is 3.73. The van der Waals surface area contributed by atoms with Gasteiger partial charge in [0.15, 0.2) is 6.29 Å². The summed E-state index contributed by atoms with van der Waals surface area (Å²) in [4.78, 5) is 0.